The molecular formula is C25H22N4O. The van der Waals surface area contributed by atoms with Crippen molar-refractivity contribution in [1.82, 2.24) is 9.97 Å². The molecule has 2 N–H and O–H groups in total. The number of nitrogens with one attached hydrogen (secondary N) is 2. The van der Waals surface area contributed by atoms with Gasteiger partial charge >= 0.3 is 0 Å². The average molecular weight is 394 g/mol. The highest BCUT2D eigenvalue weighted by atomic mass is 16.1. The van der Waals surface area contributed by atoms with Crippen molar-refractivity contribution in [3.8, 4) is 11.4 Å². The van der Waals surface area contributed by atoms with Crippen LogP contribution < -0.4 is 10.6 Å². The zero-order valence-corrected chi connectivity index (χ0v) is 16.9. The lowest BCUT2D eigenvalue weighted by Gasteiger charge is -2.10. The highest BCUT2D eigenvalue weighted by molar-refractivity contribution is 6.04. The van der Waals surface area contributed by atoms with Gasteiger partial charge in [0.25, 0.3) is 5.91 Å². The monoisotopic (exact) mass is 394 g/mol. The molecule has 0 saturated heterocycles. The number of benzene rings is 3. The predicted octanol–water partition coefficient (Wildman–Crippen LogP) is 5.76. The smallest absolute Gasteiger partial charge is 0.255 e. The van der Waals surface area contributed by atoms with E-state index in [1.54, 1.807) is 18.3 Å². The number of hydrogen-bond donors (Lipinski definition) is 2. The van der Waals surface area contributed by atoms with E-state index in [0.717, 1.165) is 22.5 Å². The second-order valence-corrected chi connectivity index (χ2v) is 7.11. The maximum Gasteiger partial charge on any atom is 0.255 e. The van der Waals surface area contributed by atoms with Crippen molar-refractivity contribution in [3.05, 3.63) is 102 Å². The van der Waals surface area contributed by atoms with Gasteiger partial charge in [0.2, 0.25) is 0 Å². The predicted molar refractivity (Wildman–Crippen MR) is 121 cm³/mol. The molecule has 4 rings (SSSR count). The Hall–Kier alpha value is -3.99. The number of aryl methyl sites for hydroxylation is 2. The largest absolute Gasteiger partial charge is 0.340 e. The second-order valence-electron chi connectivity index (χ2n) is 7.11. The Balaban J connectivity index is 1.46. The van der Waals surface area contributed by atoms with Crippen molar-refractivity contribution in [2.45, 2.75) is 13.8 Å². The lowest BCUT2D eigenvalue weighted by atomic mass is 10.1. The van der Waals surface area contributed by atoms with Crippen LogP contribution in [0.1, 0.15) is 21.5 Å². The molecule has 5 nitrogen and oxygen atoms in total. The summed E-state index contributed by atoms with van der Waals surface area (Å²) >= 11 is 0. The summed E-state index contributed by atoms with van der Waals surface area (Å²) in [5, 5.41) is 6.23. The van der Waals surface area contributed by atoms with Gasteiger partial charge in [-0.2, -0.15) is 0 Å². The summed E-state index contributed by atoms with van der Waals surface area (Å²) in [6.07, 6.45) is 1.73. The Kier molecular flexibility index (Phi) is 5.52. The highest BCUT2D eigenvalue weighted by Crippen LogP contribution is 2.21. The van der Waals surface area contributed by atoms with Gasteiger partial charge in [0.1, 0.15) is 5.82 Å². The first-order valence-corrected chi connectivity index (χ1v) is 9.73. The van der Waals surface area contributed by atoms with E-state index >= 15 is 0 Å². The van der Waals surface area contributed by atoms with Crippen LogP contribution in [0.15, 0.2) is 85.1 Å². The summed E-state index contributed by atoms with van der Waals surface area (Å²) in [5.41, 5.74) is 5.42. The Morgan fingerprint density at radius 1 is 0.867 bits per heavy atom. The molecule has 0 aliphatic rings. The topological polar surface area (TPSA) is 66.9 Å². The number of anilines is 3. The van der Waals surface area contributed by atoms with Crippen molar-refractivity contribution in [3.63, 3.8) is 0 Å². The van der Waals surface area contributed by atoms with Gasteiger partial charge in [-0.3, -0.25) is 4.79 Å². The van der Waals surface area contributed by atoms with Gasteiger partial charge in [0.15, 0.2) is 5.82 Å². The van der Waals surface area contributed by atoms with Crippen LogP contribution in [0.2, 0.25) is 0 Å². The van der Waals surface area contributed by atoms with Gasteiger partial charge in [-0.15, -0.1) is 0 Å². The highest BCUT2D eigenvalue weighted by Gasteiger charge is 2.08. The van der Waals surface area contributed by atoms with Crippen molar-refractivity contribution < 1.29 is 4.79 Å². The molecule has 5 heteroatoms. The summed E-state index contributed by atoms with van der Waals surface area (Å²) in [4.78, 5) is 21.5. The van der Waals surface area contributed by atoms with Gasteiger partial charge in [-0.05, 0) is 55.8 Å². The van der Waals surface area contributed by atoms with Crippen LogP contribution in [0.25, 0.3) is 11.4 Å². The third-order valence-corrected chi connectivity index (χ3v) is 4.74. The molecule has 1 amide bonds. The van der Waals surface area contributed by atoms with Crippen LogP contribution in [0.3, 0.4) is 0 Å². The molecular weight excluding hydrogens is 372 g/mol. The number of nitrogens with zero attached hydrogens (tertiary/aromatic N) is 2. The van der Waals surface area contributed by atoms with Gasteiger partial charge in [-0.25, -0.2) is 9.97 Å². The Labute approximate surface area is 175 Å². The molecule has 0 saturated carbocycles. The molecule has 0 unspecified atom stereocenters. The Bertz CT molecular complexity index is 1170. The molecule has 0 aliphatic heterocycles. The summed E-state index contributed by atoms with van der Waals surface area (Å²) in [6, 6.07) is 24.9. The standard InChI is InChI=1S/C25H22N4O/c1-17-8-13-22(18(2)16-17)28-25(30)20-9-11-21(12-10-20)27-23-14-15-26-24(29-23)19-6-4-3-5-7-19/h3-16H,1-2H3,(H,28,30)(H,26,27,29). The lowest BCUT2D eigenvalue weighted by Crippen LogP contribution is -2.12. The minimum Gasteiger partial charge on any atom is -0.340 e. The summed E-state index contributed by atoms with van der Waals surface area (Å²) in [5.74, 6) is 1.21. The molecule has 4 aromatic rings. The minimum atomic E-state index is -0.137. The Morgan fingerprint density at radius 2 is 1.63 bits per heavy atom. The zero-order chi connectivity index (χ0) is 20.9. The average Bonchev–Trinajstić information content (AvgIpc) is 2.77. The van der Waals surface area contributed by atoms with E-state index in [2.05, 4.69) is 20.6 Å². The molecule has 0 spiro atoms. The summed E-state index contributed by atoms with van der Waals surface area (Å²) in [6.45, 7) is 4.02. The molecule has 3 aromatic carbocycles. The second kappa shape index (κ2) is 8.57. The number of hydrogen-bond acceptors (Lipinski definition) is 4. The summed E-state index contributed by atoms with van der Waals surface area (Å²) < 4.78 is 0. The molecule has 148 valence electrons. The number of carbonyl (C=O) groups excluding carboxylic acids is 1. The van der Waals surface area contributed by atoms with E-state index in [1.807, 2.05) is 80.6 Å². The SMILES string of the molecule is Cc1ccc(NC(=O)c2ccc(Nc3ccnc(-c4ccccc4)n3)cc2)c(C)c1. The van der Waals surface area contributed by atoms with E-state index in [9.17, 15) is 4.79 Å². The fourth-order valence-corrected chi connectivity index (χ4v) is 3.16. The molecule has 0 aliphatic carbocycles. The molecule has 30 heavy (non-hydrogen) atoms. The van der Waals surface area contributed by atoms with Crippen molar-refractivity contribution >= 4 is 23.1 Å². The van der Waals surface area contributed by atoms with Crippen LogP contribution in [-0.4, -0.2) is 15.9 Å². The van der Waals surface area contributed by atoms with Crippen molar-refractivity contribution in [2.75, 3.05) is 10.6 Å². The maximum absolute atomic E-state index is 12.6. The van der Waals surface area contributed by atoms with E-state index in [1.165, 1.54) is 5.56 Å². The van der Waals surface area contributed by atoms with Crippen LogP contribution >= 0.6 is 0 Å². The van der Waals surface area contributed by atoms with Gasteiger partial charge in [-0.1, -0.05) is 48.0 Å². The quantitative estimate of drug-likeness (QED) is 0.452. The zero-order valence-electron chi connectivity index (χ0n) is 16.9. The first-order chi connectivity index (χ1) is 14.6. The van der Waals surface area contributed by atoms with Crippen LogP contribution in [0, 0.1) is 13.8 Å². The fourth-order valence-electron chi connectivity index (χ4n) is 3.16. The molecule has 0 fully saturated rings. The van der Waals surface area contributed by atoms with Gasteiger partial charge in [0.05, 0.1) is 0 Å². The van der Waals surface area contributed by atoms with Crippen molar-refractivity contribution in [2.24, 2.45) is 0 Å². The van der Waals surface area contributed by atoms with Crippen molar-refractivity contribution in [1.29, 1.82) is 0 Å². The van der Waals surface area contributed by atoms with E-state index in [-0.39, 0.29) is 5.91 Å². The van der Waals surface area contributed by atoms with E-state index in [0.29, 0.717) is 17.2 Å². The van der Waals surface area contributed by atoms with Crippen LogP contribution in [0.5, 0.6) is 0 Å². The lowest BCUT2D eigenvalue weighted by molar-refractivity contribution is 0.102. The fraction of sp³-hybridized carbons (Fsp3) is 0.0800. The normalized spacial score (nSPS) is 10.5. The third kappa shape index (κ3) is 4.52. The first kappa shape index (κ1) is 19.3. The number of amides is 1. The van der Waals surface area contributed by atoms with E-state index < -0.39 is 0 Å². The van der Waals surface area contributed by atoms with Crippen LogP contribution in [0.4, 0.5) is 17.2 Å². The number of carbonyl (C=O) groups is 1. The maximum atomic E-state index is 12.6. The molecule has 0 radical (unpaired) electrons. The summed E-state index contributed by atoms with van der Waals surface area (Å²) in [7, 11) is 0. The number of rotatable bonds is 5. The van der Waals surface area contributed by atoms with E-state index in [4.69, 9.17) is 0 Å². The van der Waals surface area contributed by atoms with Crippen LogP contribution in [-0.2, 0) is 0 Å². The number of aromatic nitrogens is 2. The molecule has 0 bridgehead atoms. The minimum absolute atomic E-state index is 0.137. The van der Waals surface area contributed by atoms with Gasteiger partial charge in [0, 0.05) is 28.7 Å². The molecule has 1 aromatic heterocycles. The molecule has 1 heterocycles. The Morgan fingerprint density at radius 3 is 2.37 bits per heavy atom. The third-order valence-electron chi connectivity index (χ3n) is 4.74. The first-order valence-electron chi connectivity index (χ1n) is 9.73. The van der Waals surface area contributed by atoms with Gasteiger partial charge < -0.3 is 10.6 Å². The molecule has 0 atom stereocenters.